The molecule has 0 aliphatic heterocycles. The Bertz CT molecular complexity index is 850. The standard InChI is InChI=1S/C15H12ClN5O3/c1-2-23-15(22)14-13(19-21-20-14)9-4-3-5-10(8-9)24-12-7-6-11(16)17-18-12/h3-8H,2H2,1H3,(H,19,20,21). The van der Waals surface area contributed by atoms with Crippen LogP contribution in [0.1, 0.15) is 17.4 Å². The molecule has 0 bridgehead atoms. The van der Waals surface area contributed by atoms with Crippen LogP contribution in [0.4, 0.5) is 0 Å². The molecule has 0 aliphatic rings. The van der Waals surface area contributed by atoms with Crippen molar-refractivity contribution in [2.24, 2.45) is 0 Å². The second-order valence-corrected chi connectivity index (χ2v) is 4.95. The second-order valence-electron chi connectivity index (χ2n) is 4.57. The van der Waals surface area contributed by atoms with Crippen molar-refractivity contribution < 1.29 is 14.3 Å². The lowest BCUT2D eigenvalue weighted by Gasteiger charge is -2.06. The lowest BCUT2D eigenvalue weighted by molar-refractivity contribution is 0.0520. The molecule has 0 fully saturated rings. The highest BCUT2D eigenvalue weighted by Gasteiger charge is 2.19. The van der Waals surface area contributed by atoms with E-state index >= 15 is 0 Å². The van der Waals surface area contributed by atoms with Crippen LogP contribution in [0.3, 0.4) is 0 Å². The third kappa shape index (κ3) is 3.49. The van der Waals surface area contributed by atoms with Crippen LogP contribution in [0.25, 0.3) is 11.3 Å². The van der Waals surface area contributed by atoms with Crippen molar-refractivity contribution >= 4 is 17.6 Å². The van der Waals surface area contributed by atoms with E-state index in [0.717, 1.165) is 0 Å². The maximum atomic E-state index is 11.9. The zero-order valence-corrected chi connectivity index (χ0v) is 13.3. The van der Waals surface area contributed by atoms with Gasteiger partial charge in [0.1, 0.15) is 11.4 Å². The average molecular weight is 346 g/mol. The SMILES string of the molecule is CCOC(=O)c1n[nH]nc1-c1cccc(Oc2ccc(Cl)nn2)c1. The van der Waals surface area contributed by atoms with E-state index in [0.29, 0.717) is 22.9 Å². The van der Waals surface area contributed by atoms with Gasteiger partial charge in [-0.3, -0.25) is 0 Å². The molecule has 1 N–H and O–H groups in total. The molecule has 2 heterocycles. The number of ether oxygens (including phenoxy) is 2. The topological polar surface area (TPSA) is 103 Å². The van der Waals surface area contributed by atoms with Crippen molar-refractivity contribution in [3.8, 4) is 22.9 Å². The Hall–Kier alpha value is -3.00. The predicted molar refractivity (Wildman–Crippen MR) is 84.9 cm³/mol. The van der Waals surface area contributed by atoms with Crippen molar-refractivity contribution in [1.29, 1.82) is 0 Å². The number of aromatic amines is 1. The molecular weight excluding hydrogens is 334 g/mol. The first-order valence-corrected chi connectivity index (χ1v) is 7.40. The molecule has 0 atom stereocenters. The number of H-pyrrole nitrogens is 1. The lowest BCUT2D eigenvalue weighted by Crippen LogP contribution is -2.06. The number of esters is 1. The minimum absolute atomic E-state index is 0.111. The first kappa shape index (κ1) is 15.9. The Balaban J connectivity index is 1.87. The van der Waals surface area contributed by atoms with Crippen LogP contribution in [0.15, 0.2) is 36.4 Å². The fraction of sp³-hybridized carbons (Fsp3) is 0.133. The van der Waals surface area contributed by atoms with E-state index in [1.807, 2.05) is 0 Å². The monoisotopic (exact) mass is 345 g/mol. The van der Waals surface area contributed by atoms with Gasteiger partial charge in [-0.25, -0.2) is 4.79 Å². The van der Waals surface area contributed by atoms with E-state index in [1.54, 1.807) is 43.3 Å². The van der Waals surface area contributed by atoms with Crippen molar-refractivity contribution in [1.82, 2.24) is 25.6 Å². The van der Waals surface area contributed by atoms with Gasteiger partial charge in [0.25, 0.3) is 0 Å². The van der Waals surface area contributed by atoms with Gasteiger partial charge in [-0.15, -0.1) is 15.3 Å². The number of carbonyl (C=O) groups excluding carboxylic acids is 1. The van der Waals surface area contributed by atoms with E-state index in [1.165, 1.54) is 0 Å². The van der Waals surface area contributed by atoms with Crippen molar-refractivity contribution in [3.05, 3.63) is 47.2 Å². The zero-order chi connectivity index (χ0) is 16.9. The maximum absolute atomic E-state index is 11.9. The number of rotatable bonds is 5. The third-order valence-electron chi connectivity index (χ3n) is 2.95. The Morgan fingerprint density at radius 3 is 2.83 bits per heavy atom. The van der Waals surface area contributed by atoms with E-state index < -0.39 is 5.97 Å². The number of hydrogen-bond acceptors (Lipinski definition) is 7. The van der Waals surface area contributed by atoms with Gasteiger partial charge in [-0.2, -0.15) is 10.3 Å². The highest BCUT2D eigenvalue weighted by molar-refractivity contribution is 6.29. The van der Waals surface area contributed by atoms with Crippen LogP contribution >= 0.6 is 11.6 Å². The van der Waals surface area contributed by atoms with Crippen LogP contribution in [0, 0.1) is 0 Å². The molecular formula is C15H12ClN5O3. The summed E-state index contributed by atoms with van der Waals surface area (Å²) in [5, 5.41) is 18.1. The first-order valence-electron chi connectivity index (χ1n) is 7.02. The Morgan fingerprint density at radius 2 is 2.08 bits per heavy atom. The fourth-order valence-corrected chi connectivity index (χ4v) is 2.06. The summed E-state index contributed by atoms with van der Waals surface area (Å²) in [4.78, 5) is 11.9. The average Bonchev–Trinajstić information content (AvgIpc) is 3.07. The van der Waals surface area contributed by atoms with Gasteiger partial charge in [0.05, 0.1) is 6.61 Å². The molecule has 2 aromatic heterocycles. The Morgan fingerprint density at radius 1 is 1.21 bits per heavy atom. The largest absolute Gasteiger partial charge is 0.461 e. The van der Waals surface area contributed by atoms with Crippen molar-refractivity contribution in [2.75, 3.05) is 6.61 Å². The van der Waals surface area contributed by atoms with Gasteiger partial charge >= 0.3 is 5.97 Å². The number of carbonyl (C=O) groups is 1. The molecule has 8 nitrogen and oxygen atoms in total. The van der Waals surface area contributed by atoms with Crippen molar-refractivity contribution in [3.63, 3.8) is 0 Å². The molecule has 0 radical (unpaired) electrons. The summed E-state index contributed by atoms with van der Waals surface area (Å²) >= 11 is 5.69. The highest BCUT2D eigenvalue weighted by Crippen LogP contribution is 2.27. The van der Waals surface area contributed by atoms with Crippen LogP contribution in [-0.2, 0) is 4.74 Å². The van der Waals surface area contributed by atoms with Crippen LogP contribution < -0.4 is 4.74 Å². The van der Waals surface area contributed by atoms with Gasteiger partial charge < -0.3 is 9.47 Å². The lowest BCUT2D eigenvalue weighted by atomic mass is 10.1. The van der Waals surface area contributed by atoms with E-state index in [-0.39, 0.29) is 17.5 Å². The number of hydrogen-bond donors (Lipinski definition) is 1. The molecule has 0 amide bonds. The molecule has 0 saturated carbocycles. The van der Waals surface area contributed by atoms with E-state index in [9.17, 15) is 4.79 Å². The third-order valence-corrected chi connectivity index (χ3v) is 3.16. The summed E-state index contributed by atoms with van der Waals surface area (Å²) in [5.74, 6) is 0.250. The highest BCUT2D eigenvalue weighted by atomic mass is 35.5. The van der Waals surface area contributed by atoms with Crippen LogP contribution in [0.2, 0.25) is 5.15 Å². The quantitative estimate of drug-likeness (QED) is 0.709. The number of nitrogens with one attached hydrogen (secondary N) is 1. The molecule has 1 aromatic carbocycles. The molecule has 0 unspecified atom stereocenters. The second kappa shape index (κ2) is 7.05. The van der Waals surface area contributed by atoms with E-state index in [4.69, 9.17) is 21.1 Å². The minimum atomic E-state index is -0.545. The summed E-state index contributed by atoms with van der Waals surface area (Å²) in [6, 6.07) is 10.2. The van der Waals surface area contributed by atoms with Gasteiger partial charge in [0, 0.05) is 11.6 Å². The maximum Gasteiger partial charge on any atom is 0.361 e. The van der Waals surface area contributed by atoms with Crippen molar-refractivity contribution in [2.45, 2.75) is 6.92 Å². The molecule has 122 valence electrons. The molecule has 0 saturated heterocycles. The summed E-state index contributed by atoms with van der Waals surface area (Å²) in [6.45, 7) is 1.97. The van der Waals surface area contributed by atoms with Gasteiger partial charge in [-0.05, 0) is 25.1 Å². The summed E-state index contributed by atoms with van der Waals surface area (Å²) in [5.41, 5.74) is 1.13. The van der Waals surface area contributed by atoms with Gasteiger partial charge in [-0.1, -0.05) is 23.7 Å². The fourth-order valence-electron chi connectivity index (χ4n) is 1.96. The minimum Gasteiger partial charge on any atom is -0.461 e. The molecule has 0 spiro atoms. The molecule has 24 heavy (non-hydrogen) atoms. The number of halogens is 1. The number of aromatic nitrogens is 5. The van der Waals surface area contributed by atoms with Gasteiger partial charge in [0.2, 0.25) is 5.88 Å². The Kier molecular flexibility index (Phi) is 4.66. The summed E-state index contributed by atoms with van der Waals surface area (Å²) in [7, 11) is 0. The Labute approximate surface area is 141 Å². The number of nitrogens with zero attached hydrogens (tertiary/aromatic N) is 4. The van der Waals surface area contributed by atoms with Crippen LogP contribution in [-0.4, -0.2) is 38.2 Å². The summed E-state index contributed by atoms with van der Waals surface area (Å²) in [6.07, 6.45) is 0. The zero-order valence-electron chi connectivity index (χ0n) is 12.6. The number of benzene rings is 1. The predicted octanol–water partition coefficient (Wildman–Crippen LogP) is 2.88. The molecule has 3 aromatic rings. The smallest absolute Gasteiger partial charge is 0.361 e. The van der Waals surface area contributed by atoms with Gasteiger partial charge in [0.15, 0.2) is 10.8 Å². The molecule has 0 aliphatic carbocycles. The van der Waals surface area contributed by atoms with Crippen LogP contribution in [0.5, 0.6) is 11.6 Å². The normalized spacial score (nSPS) is 10.4. The van der Waals surface area contributed by atoms with E-state index in [2.05, 4.69) is 25.6 Å². The molecule has 3 rings (SSSR count). The first-order chi connectivity index (χ1) is 11.7. The summed E-state index contributed by atoms with van der Waals surface area (Å²) < 4.78 is 10.6. The molecule has 9 heteroatoms.